The lowest BCUT2D eigenvalue weighted by Gasteiger charge is -2.27. The van der Waals surface area contributed by atoms with Crippen molar-refractivity contribution < 1.29 is 27.5 Å². The number of halogens is 3. The molecule has 9 heteroatoms. The van der Waals surface area contributed by atoms with Crippen LogP contribution in [0.2, 0.25) is 0 Å². The van der Waals surface area contributed by atoms with Crippen LogP contribution in [0, 0.1) is 0 Å². The number of likely N-dealkylation sites (N-methyl/N-ethyl adjacent to an activating group) is 2. The quantitative estimate of drug-likeness (QED) is 0.704. The molecule has 0 saturated heterocycles. The number of ether oxygens (including phenoxy) is 1. The van der Waals surface area contributed by atoms with Crippen molar-refractivity contribution in [3.63, 3.8) is 0 Å². The number of hydrogen-bond acceptors (Lipinski definition) is 4. The number of anilines is 1. The molecule has 6 nitrogen and oxygen atoms in total. The van der Waals surface area contributed by atoms with Gasteiger partial charge in [0.2, 0.25) is 11.8 Å². The number of hydrogen-bond donors (Lipinski definition) is 1. The van der Waals surface area contributed by atoms with Crippen molar-refractivity contribution in [2.75, 3.05) is 32.5 Å². The summed E-state index contributed by atoms with van der Waals surface area (Å²) in [6.07, 6.45) is -4.77. The summed E-state index contributed by atoms with van der Waals surface area (Å²) in [5.74, 6) is -0.914. The van der Waals surface area contributed by atoms with E-state index in [2.05, 4.69) is 10.1 Å². The number of alkyl halides is 3. The van der Waals surface area contributed by atoms with Crippen molar-refractivity contribution in [2.45, 2.75) is 19.3 Å². The van der Waals surface area contributed by atoms with Crippen LogP contribution in [0.3, 0.4) is 0 Å². The molecule has 0 bridgehead atoms. The van der Waals surface area contributed by atoms with Crippen LogP contribution in [0.5, 0.6) is 5.75 Å². The monoisotopic (exact) mass is 423 g/mol. The minimum atomic E-state index is -4.77. The van der Waals surface area contributed by atoms with E-state index in [1.54, 1.807) is 23.9 Å². The summed E-state index contributed by atoms with van der Waals surface area (Å²) in [6, 6.07) is 14.3. The minimum Gasteiger partial charge on any atom is -0.406 e. The van der Waals surface area contributed by atoms with E-state index in [4.69, 9.17) is 0 Å². The van der Waals surface area contributed by atoms with Gasteiger partial charge in [-0.1, -0.05) is 30.3 Å². The summed E-state index contributed by atoms with van der Waals surface area (Å²) in [6.45, 7) is 1.91. The van der Waals surface area contributed by atoms with E-state index in [0.717, 1.165) is 17.7 Å². The van der Waals surface area contributed by atoms with Gasteiger partial charge in [-0.25, -0.2) is 0 Å². The Morgan fingerprint density at radius 2 is 1.60 bits per heavy atom. The SMILES string of the molecule is C[C@H](c1ccccc1)N(C)C(=O)CN(C)CC(=O)Nc1ccc(OC(F)(F)F)cc1. The summed E-state index contributed by atoms with van der Waals surface area (Å²) in [4.78, 5) is 27.8. The molecule has 0 aromatic heterocycles. The smallest absolute Gasteiger partial charge is 0.406 e. The lowest BCUT2D eigenvalue weighted by molar-refractivity contribution is -0.274. The number of rotatable bonds is 8. The van der Waals surface area contributed by atoms with Gasteiger partial charge in [0.1, 0.15) is 5.75 Å². The third-order valence-electron chi connectivity index (χ3n) is 4.45. The molecule has 30 heavy (non-hydrogen) atoms. The molecule has 1 N–H and O–H groups in total. The van der Waals surface area contributed by atoms with Gasteiger partial charge >= 0.3 is 6.36 Å². The van der Waals surface area contributed by atoms with Gasteiger partial charge < -0.3 is 15.0 Å². The van der Waals surface area contributed by atoms with Gasteiger partial charge in [0.25, 0.3) is 0 Å². The number of carbonyl (C=O) groups excluding carboxylic acids is 2. The summed E-state index contributed by atoms with van der Waals surface area (Å²) >= 11 is 0. The number of benzene rings is 2. The Morgan fingerprint density at radius 1 is 1.00 bits per heavy atom. The average molecular weight is 423 g/mol. The highest BCUT2D eigenvalue weighted by atomic mass is 19.4. The van der Waals surface area contributed by atoms with Crippen molar-refractivity contribution in [1.82, 2.24) is 9.80 Å². The first-order valence-electron chi connectivity index (χ1n) is 9.20. The summed E-state index contributed by atoms with van der Waals surface area (Å²) in [5.41, 5.74) is 1.33. The molecule has 2 aromatic carbocycles. The highest BCUT2D eigenvalue weighted by molar-refractivity contribution is 5.92. The van der Waals surface area contributed by atoms with Gasteiger partial charge in [-0.05, 0) is 43.8 Å². The van der Waals surface area contributed by atoms with Crippen molar-refractivity contribution >= 4 is 17.5 Å². The molecule has 0 aliphatic carbocycles. The molecular formula is C21H24F3N3O3. The van der Waals surface area contributed by atoms with Crippen molar-refractivity contribution in [3.05, 3.63) is 60.2 Å². The topological polar surface area (TPSA) is 61.9 Å². The summed E-state index contributed by atoms with van der Waals surface area (Å²) < 4.78 is 40.3. The fourth-order valence-corrected chi connectivity index (χ4v) is 2.76. The standard InChI is InChI=1S/C21H24F3N3O3/c1-15(16-7-5-4-6-8-16)27(3)20(29)14-26(2)13-19(28)25-17-9-11-18(12-10-17)30-21(22,23)24/h4-12,15H,13-14H2,1-3H3,(H,25,28)/t15-/m1/s1. The van der Waals surface area contributed by atoms with Crippen LogP contribution in [-0.4, -0.2) is 55.2 Å². The maximum atomic E-state index is 12.5. The first-order valence-corrected chi connectivity index (χ1v) is 9.20. The Bertz CT molecular complexity index is 842. The summed E-state index contributed by atoms with van der Waals surface area (Å²) in [5, 5.41) is 2.57. The van der Waals surface area contributed by atoms with Crippen molar-refractivity contribution in [2.24, 2.45) is 0 Å². The van der Waals surface area contributed by atoms with Gasteiger partial charge in [0, 0.05) is 12.7 Å². The summed E-state index contributed by atoms with van der Waals surface area (Å²) in [7, 11) is 3.34. The molecule has 162 valence electrons. The molecule has 0 aliphatic heterocycles. The molecule has 0 heterocycles. The van der Waals surface area contributed by atoms with Crippen molar-refractivity contribution in [1.29, 1.82) is 0 Å². The van der Waals surface area contributed by atoms with E-state index in [1.807, 2.05) is 37.3 Å². The molecule has 2 aromatic rings. The van der Waals surface area contributed by atoms with Crippen LogP contribution >= 0.6 is 0 Å². The first-order chi connectivity index (χ1) is 14.0. The Balaban J connectivity index is 1.83. The zero-order valence-corrected chi connectivity index (χ0v) is 16.9. The predicted octanol–water partition coefficient (Wildman–Crippen LogP) is 3.68. The largest absolute Gasteiger partial charge is 0.573 e. The van der Waals surface area contributed by atoms with Crippen LogP contribution in [-0.2, 0) is 9.59 Å². The Morgan fingerprint density at radius 3 is 2.17 bits per heavy atom. The molecule has 0 aliphatic rings. The van der Waals surface area contributed by atoms with E-state index in [1.165, 1.54) is 12.1 Å². The highest BCUT2D eigenvalue weighted by Gasteiger charge is 2.31. The fourth-order valence-electron chi connectivity index (χ4n) is 2.76. The van der Waals surface area contributed by atoms with Gasteiger partial charge in [0.05, 0.1) is 19.1 Å². The molecule has 0 fully saturated rings. The average Bonchev–Trinajstić information content (AvgIpc) is 2.67. The van der Waals surface area contributed by atoms with Crippen LogP contribution in [0.1, 0.15) is 18.5 Å². The number of nitrogens with one attached hydrogen (secondary N) is 1. The molecule has 1 atom stereocenters. The van der Waals surface area contributed by atoms with E-state index >= 15 is 0 Å². The fraction of sp³-hybridized carbons (Fsp3) is 0.333. The molecule has 0 spiro atoms. The van der Waals surface area contributed by atoms with Crippen molar-refractivity contribution in [3.8, 4) is 5.75 Å². The van der Waals surface area contributed by atoms with E-state index in [-0.39, 0.29) is 30.8 Å². The second kappa shape index (κ2) is 10.1. The Kier molecular flexibility index (Phi) is 7.82. The second-order valence-corrected chi connectivity index (χ2v) is 6.88. The van der Waals surface area contributed by atoms with E-state index in [0.29, 0.717) is 5.69 Å². The third-order valence-corrected chi connectivity index (χ3v) is 4.45. The molecule has 0 unspecified atom stereocenters. The van der Waals surface area contributed by atoms with E-state index < -0.39 is 12.3 Å². The second-order valence-electron chi connectivity index (χ2n) is 6.88. The molecule has 2 amide bonds. The maximum Gasteiger partial charge on any atom is 0.573 e. The maximum absolute atomic E-state index is 12.5. The molecule has 0 radical (unpaired) electrons. The molecular weight excluding hydrogens is 399 g/mol. The van der Waals surface area contributed by atoms with E-state index in [9.17, 15) is 22.8 Å². The Hall–Kier alpha value is -3.07. The molecule has 0 saturated carbocycles. The lowest BCUT2D eigenvalue weighted by Crippen LogP contribution is -2.40. The van der Waals surface area contributed by atoms with Crippen LogP contribution in [0.15, 0.2) is 54.6 Å². The van der Waals surface area contributed by atoms with Crippen LogP contribution < -0.4 is 10.1 Å². The number of carbonyl (C=O) groups is 2. The van der Waals surface area contributed by atoms with Gasteiger partial charge in [0.15, 0.2) is 0 Å². The van der Waals surface area contributed by atoms with Gasteiger partial charge in [-0.15, -0.1) is 13.2 Å². The highest BCUT2D eigenvalue weighted by Crippen LogP contribution is 2.24. The number of amides is 2. The zero-order chi connectivity index (χ0) is 22.3. The predicted molar refractivity (Wildman–Crippen MR) is 107 cm³/mol. The van der Waals surface area contributed by atoms with Crippen LogP contribution in [0.4, 0.5) is 18.9 Å². The molecule has 2 rings (SSSR count). The number of nitrogens with zero attached hydrogens (tertiary/aromatic N) is 2. The third kappa shape index (κ3) is 7.40. The zero-order valence-electron chi connectivity index (χ0n) is 16.9. The van der Waals surface area contributed by atoms with Gasteiger partial charge in [-0.3, -0.25) is 14.5 Å². The normalized spacial score (nSPS) is 12.4. The first kappa shape index (κ1) is 23.2. The van der Waals surface area contributed by atoms with Crippen LogP contribution in [0.25, 0.3) is 0 Å². The lowest BCUT2D eigenvalue weighted by atomic mass is 10.1. The minimum absolute atomic E-state index is 0.0411. The Labute approximate surface area is 173 Å². The van der Waals surface area contributed by atoms with Gasteiger partial charge in [-0.2, -0.15) is 0 Å².